The molecule has 1 saturated heterocycles. The number of carbonyl (C=O) groups excluding carboxylic acids is 1. The Hall–Kier alpha value is -1.10. The Labute approximate surface area is 109 Å². The highest BCUT2D eigenvalue weighted by molar-refractivity contribution is 5.82. The zero-order valence-corrected chi connectivity index (χ0v) is 11.7. The molecule has 2 atom stereocenters. The van der Waals surface area contributed by atoms with Gasteiger partial charge in [0, 0.05) is 12.1 Å². The van der Waals surface area contributed by atoms with Crippen LogP contribution in [0.4, 0.5) is 0 Å². The molecule has 0 radical (unpaired) electrons. The maximum atomic E-state index is 12.2. The molecule has 1 rings (SSSR count). The van der Waals surface area contributed by atoms with Gasteiger partial charge in [0.1, 0.15) is 5.54 Å². The van der Waals surface area contributed by atoms with Crippen molar-refractivity contribution in [2.45, 2.75) is 64.6 Å². The molecule has 2 N–H and O–H groups in total. The van der Waals surface area contributed by atoms with Crippen molar-refractivity contribution >= 4 is 11.9 Å². The van der Waals surface area contributed by atoms with Crippen LogP contribution in [-0.4, -0.2) is 46.1 Å². The highest BCUT2D eigenvalue weighted by Crippen LogP contribution is 2.22. The number of piperidine rings is 1. The second-order valence-electron chi connectivity index (χ2n) is 5.71. The third-order valence-electron chi connectivity index (χ3n) is 3.70. The first-order valence-electron chi connectivity index (χ1n) is 6.55. The van der Waals surface area contributed by atoms with E-state index in [4.69, 9.17) is 5.11 Å². The van der Waals surface area contributed by atoms with Gasteiger partial charge in [0.05, 0.1) is 6.54 Å². The van der Waals surface area contributed by atoms with E-state index in [2.05, 4.69) is 19.2 Å². The van der Waals surface area contributed by atoms with Crippen LogP contribution in [0.1, 0.15) is 47.0 Å². The molecule has 1 aliphatic heterocycles. The molecule has 2 unspecified atom stereocenters. The lowest BCUT2D eigenvalue weighted by molar-refractivity contribution is -0.144. The Morgan fingerprint density at radius 2 is 1.78 bits per heavy atom. The third-order valence-corrected chi connectivity index (χ3v) is 3.70. The van der Waals surface area contributed by atoms with E-state index >= 15 is 0 Å². The second-order valence-corrected chi connectivity index (χ2v) is 5.71. The van der Waals surface area contributed by atoms with Crippen LogP contribution in [0.3, 0.4) is 0 Å². The molecular formula is C13H24N2O3. The van der Waals surface area contributed by atoms with Crippen molar-refractivity contribution < 1.29 is 14.7 Å². The molecular weight excluding hydrogens is 232 g/mol. The summed E-state index contributed by atoms with van der Waals surface area (Å²) in [4.78, 5) is 25.0. The van der Waals surface area contributed by atoms with E-state index in [1.807, 2.05) is 4.90 Å². The summed E-state index contributed by atoms with van der Waals surface area (Å²) in [6.07, 6.45) is 3.21. The normalized spacial score (nSPS) is 25.0. The zero-order chi connectivity index (χ0) is 13.9. The van der Waals surface area contributed by atoms with Crippen LogP contribution in [0.15, 0.2) is 0 Å². The molecule has 5 nitrogen and oxygen atoms in total. The van der Waals surface area contributed by atoms with Gasteiger partial charge >= 0.3 is 5.97 Å². The number of hydrogen-bond donors (Lipinski definition) is 2. The zero-order valence-electron chi connectivity index (χ0n) is 11.7. The van der Waals surface area contributed by atoms with Crippen LogP contribution in [0, 0.1) is 0 Å². The monoisotopic (exact) mass is 256 g/mol. The standard InChI is InChI=1S/C13H24N2O3/c1-9-6-5-7-10(2)15(9)11(16)8-14-13(3,4)12(17)18/h9-10,14H,5-8H2,1-4H3,(H,17,18). The summed E-state index contributed by atoms with van der Waals surface area (Å²) < 4.78 is 0. The Morgan fingerprint density at radius 1 is 1.28 bits per heavy atom. The number of rotatable bonds is 4. The topological polar surface area (TPSA) is 69.6 Å². The summed E-state index contributed by atoms with van der Waals surface area (Å²) in [5.41, 5.74) is -1.07. The summed E-state index contributed by atoms with van der Waals surface area (Å²) >= 11 is 0. The average molecular weight is 256 g/mol. The minimum Gasteiger partial charge on any atom is -0.480 e. The predicted octanol–water partition coefficient (Wildman–Crippen LogP) is 1.23. The summed E-state index contributed by atoms with van der Waals surface area (Å²) in [5, 5.41) is 11.8. The number of carboxylic acid groups (broad SMARTS) is 1. The minimum absolute atomic E-state index is 0.0102. The Kier molecular flexibility index (Phi) is 4.73. The van der Waals surface area contributed by atoms with Gasteiger partial charge in [-0.1, -0.05) is 0 Å². The van der Waals surface area contributed by atoms with E-state index in [9.17, 15) is 9.59 Å². The van der Waals surface area contributed by atoms with E-state index in [0.717, 1.165) is 19.3 Å². The van der Waals surface area contributed by atoms with Crippen LogP contribution in [0.25, 0.3) is 0 Å². The second kappa shape index (κ2) is 5.69. The van der Waals surface area contributed by atoms with Gasteiger partial charge in [-0.2, -0.15) is 0 Å². The third kappa shape index (κ3) is 3.45. The molecule has 1 fully saturated rings. The number of hydrogen-bond acceptors (Lipinski definition) is 3. The summed E-state index contributed by atoms with van der Waals surface area (Å²) in [6.45, 7) is 7.30. The van der Waals surface area contributed by atoms with E-state index in [1.54, 1.807) is 13.8 Å². The molecule has 0 saturated carbocycles. The molecule has 1 aliphatic rings. The van der Waals surface area contributed by atoms with Crippen molar-refractivity contribution in [1.82, 2.24) is 10.2 Å². The van der Waals surface area contributed by atoms with E-state index < -0.39 is 11.5 Å². The van der Waals surface area contributed by atoms with Crippen molar-refractivity contribution in [3.8, 4) is 0 Å². The largest absolute Gasteiger partial charge is 0.480 e. The first-order valence-corrected chi connectivity index (χ1v) is 6.55. The maximum Gasteiger partial charge on any atom is 0.323 e. The lowest BCUT2D eigenvalue weighted by atomic mass is 9.97. The molecule has 0 aromatic carbocycles. The molecule has 0 aromatic heterocycles. The van der Waals surface area contributed by atoms with E-state index in [1.165, 1.54) is 0 Å². The number of carbonyl (C=O) groups is 2. The van der Waals surface area contributed by atoms with E-state index in [0.29, 0.717) is 0 Å². The van der Waals surface area contributed by atoms with Crippen LogP contribution < -0.4 is 5.32 Å². The highest BCUT2D eigenvalue weighted by Gasteiger charge is 2.31. The molecule has 5 heteroatoms. The highest BCUT2D eigenvalue weighted by atomic mass is 16.4. The number of carboxylic acids is 1. The van der Waals surface area contributed by atoms with Gasteiger partial charge in [0.25, 0.3) is 0 Å². The van der Waals surface area contributed by atoms with Gasteiger partial charge in [-0.05, 0) is 47.0 Å². The van der Waals surface area contributed by atoms with Crippen molar-refractivity contribution in [2.24, 2.45) is 0 Å². The van der Waals surface area contributed by atoms with Crippen LogP contribution >= 0.6 is 0 Å². The first-order chi connectivity index (χ1) is 8.25. The number of aliphatic carboxylic acids is 1. The first kappa shape index (κ1) is 15.0. The van der Waals surface area contributed by atoms with Crippen molar-refractivity contribution in [2.75, 3.05) is 6.54 Å². The average Bonchev–Trinajstić information content (AvgIpc) is 2.26. The molecule has 104 valence electrons. The fourth-order valence-electron chi connectivity index (χ4n) is 2.38. The molecule has 1 heterocycles. The van der Waals surface area contributed by atoms with Gasteiger partial charge in [0.2, 0.25) is 5.91 Å². The van der Waals surface area contributed by atoms with Crippen LogP contribution in [0.5, 0.6) is 0 Å². The van der Waals surface area contributed by atoms with Crippen molar-refractivity contribution in [3.63, 3.8) is 0 Å². The quantitative estimate of drug-likeness (QED) is 0.793. The molecule has 0 bridgehead atoms. The van der Waals surface area contributed by atoms with Crippen LogP contribution in [0.2, 0.25) is 0 Å². The number of likely N-dealkylation sites (tertiary alicyclic amines) is 1. The fraction of sp³-hybridized carbons (Fsp3) is 0.846. The Morgan fingerprint density at radius 3 is 2.22 bits per heavy atom. The minimum atomic E-state index is -1.07. The molecule has 1 amide bonds. The van der Waals surface area contributed by atoms with Gasteiger partial charge in [-0.25, -0.2) is 0 Å². The van der Waals surface area contributed by atoms with Gasteiger partial charge < -0.3 is 10.0 Å². The van der Waals surface area contributed by atoms with Crippen molar-refractivity contribution in [3.05, 3.63) is 0 Å². The number of amides is 1. The Bertz CT molecular complexity index is 318. The smallest absolute Gasteiger partial charge is 0.323 e. The number of nitrogens with one attached hydrogen (secondary N) is 1. The molecule has 18 heavy (non-hydrogen) atoms. The Balaban J connectivity index is 2.57. The maximum absolute atomic E-state index is 12.2. The molecule has 0 spiro atoms. The number of nitrogens with zero attached hydrogens (tertiary/aromatic N) is 1. The SMILES string of the molecule is CC1CCCC(C)N1C(=O)CNC(C)(C)C(=O)O. The summed E-state index contributed by atoms with van der Waals surface area (Å²) in [6, 6.07) is 0.493. The van der Waals surface area contributed by atoms with Crippen LogP contribution in [-0.2, 0) is 9.59 Å². The van der Waals surface area contributed by atoms with Gasteiger partial charge in [0.15, 0.2) is 0 Å². The van der Waals surface area contributed by atoms with E-state index in [-0.39, 0.29) is 24.5 Å². The summed E-state index contributed by atoms with van der Waals surface area (Å²) in [5.74, 6) is -0.959. The molecule has 0 aromatic rings. The van der Waals surface area contributed by atoms with Gasteiger partial charge in [-0.15, -0.1) is 0 Å². The fourth-order valence-corrected chi connectivity index (χ4v) is 2.38. The van der Waals surface area contributed by atoms with Crippen molar-refractivity contribution in [1.29, 1.82) is 0 Å². The lowest BCUT2D eigenvalue weighted by Gasteiger charge is -2.39. The van der Waals surface area contributed by atoms with Gasteiger partial charge in [-0.3, -0.25) is 14.9 Å². The lowest BCUT2D eigenvalue weighted by Crippen LogP contribution is -2.55. The predicted molar refractivity (Wildman–Crippen MR) is 69.3 cm³/mol. The molecule has 0 aliphatic carbocycles. The summed E-state index contributed by atoms with van der Waals surface area (Å²) in [7, 11) is 0.